The lowest BCUT2D eigenvalue weighted by Gasteiger charge is -2.06. The van der Waals surface area contributed by atoms with E-state index in [0.29, 0.717) is 11.0 Å². The van der Waals surface area contributed by atoms with E-state index in [1.54, 1.807) is 6.20 Å². The summed E-state index contributed by atoms with van der Waals surface area (Å²) in [6.45, 7) is 1.99. The third-order valence-corrected chi connectivity index (χ3v) is 4.38. The highest BCUT2D eigenvalue weighted by atomic mass is 32.2. The Bertz CT molecular complexity index is 847. The minimum atomic E-state index is -0.0759. The number of thioether (sulfide) groups is 1. The van der Waals surface area contributed by atoms with Crippen LogP contribution in [0.15, 0.2) is 53.8 Å². The summed E-state index contributed by atoms with van der Waals surface area (Å²) >= 11 is 1.34. The molecule has 1 N–H and O–H groups in total. The quantitative estimate of drug-likeness (QED) is 0.724. The van der Waals surface area contributed by atoms with Crippen LogP contribution in [-0.4, -0.2) is 31.4 Å². The van der Waals surface area contributed by atoms with E-state index in [9.17, 15) is 4.79 Å². The Hall–Kier alpha value is -2.67. The zero-order valence-electron chi connectivity index (χ0n) is 13.4. The Morgan fingerprint density at radius 2 is 2.08 bits per heavy atom. The number of nitrogens with one attached hydrogen (secondary N) is 1. The molecule has 0 aliphatic heterocycles. The molecule has 6 nitrogen and oxygen atoms in total. The maximum atomic E-state index is 12.1. The van der Waals surface area contributed by atoms with E-state index in [1.807, 2.05) is 61.0 Å². The largest absolute Gasteiger partial charge is 0.325 e. The average molecular weight is 339 g/mol. The predicted octanol–water partition coefficient (Wildman–Crippen LogP) is 2.92. The molecule has 2 aromatic heterocycles. The first-order chi connectivity index (χ1) is 11.6. The van der Waals surface area contributed by atoms with Crippen LogP contribution in [0.1, 0.15) is 5.56 Å². The molecule has 0 saturated heterocycles. The van der Waals surface area contributed by atoms with Crippen molar-refractivity contribution >= 4 is 23.4 Å². The Labute approximate surface area is 144 Å². The second-order valence-electron chi connectivity index (χ2n) is 5.29. The highest BCUT2D eigenvalue weighted by Crippen LogP contribution is 2.21. The van der Waals surface area contributed by atoms with Crippen LogP contribution in [0.5, 0.6) is 0 Å². The van der Waals surface area contributed by atoms with Gasteiger partial charge in [-0.25, -0.2) is 0 Å². The first-order valence-electron chi connectivity index (χ1n) is 7.43. The number of benzene rings is 1. The monoisotopic (exact) mass is 339 g/mol. The van der Waals surface area contributed by atoms with E-state index in [4.69, 9.17) is 0 Å². The van der Waals surface area contributed by atoms with E-state index in [1.165, 1.54) is 11.8 Å². The summed E-state index contributed by atoms with van der Waals surface area (Å²) in [5.74, 6) is 0.868. The minimum absolute atomic E-state index is 0.0759. The average Bonchev–Trinajstić information content (AvgIpc) is 2.94. The van der Waals surface area contributed by atoms with Crippen molar-refractivity contribution in [1.82, 2.24) is 19.7 Å². The van der Waals surface area contributed by atoms with Gasteiger partial charge in [-0.2, -0.15) is 0 Å². The van der Waals surface area contributed by atoms with Gasteiger partial charge in [-0.15, -0.1) is 10.2 Å². The number of hydrogen-bond donors (Lipinski definition) is 1. The van der Waals surface area contributed by atoms with Crippen molar-refractivity contribution < 1.29 is 4.79 Å². The summed E-state index contributed by atoms with van der Waals surface area (Å²) in [6.07, 6.45) is 1.71. The fourth-order valence-corrected chi connectivity index (χ4v) is 2.92. The molecule has 0 unspecified atom stereocenters. The van der Waals surface area contributed by atoms with Gasteiger partial charge in [0, 0.05) is 18.9 Å². The summed E-state index contributed by atoms with van der Waals surface area (Å²) in [5, 5.41) is 11.9. The molecule has 0 saturated carbocycles. The summed E-state index contributed by atoms with van der Waals surface area (Å²) < 4.78 is 1.84. The summed E-state index contributed by atoms with van der Waals surface area (Å²) in [7, 11) is 1.87. The lowest BCUT2D eigenvalue weighted by atomic mass is 10.2. The van der Waals surface area contributed by atoms with Crippen molar-refractivity contribution in [3.63, 3.8) is 0 Å². The molecule has 3 aromatic rings. The van der Waals surface area contributed by atoms with Gasteiger partial charge in [-0.1, -0.05) is 30.0 Å². The Balaban J connectivity index is 1.63. The normalized spacial score (nSPS) is 10.6. The van der Waals surface area contributed by atoms with Crippen LogP contribution in [-0.2, 0) is 11.8 Å². The molecule has 24 heavy (non-hydrogen) atoms. The number of hydrogen-bond acceptors (Lipinski definition) is 5. The van der Waals surface area contributed by atoms with Crippen molar-refractivity contribution in [2.75, 3.05) is 11.1 Å². The number of anilines is 1. The number of pyridine rings is 1. The molecule has 122 valence electrons. The van der Waals surface area contributed by atoms with Gasteiger partial charge in [0.15, 0.2) is 11.0 Å². The predicted molar refractivity (Wildman–Crippen MR) is 94.8 cm³/mol. The van der Waals surface area contributed by atoms with Gasteiger partial charge >= 0.3 is 0 Å². The molecular formula is C17H17N5OS. The van der Waals surface area contributed by atoms with Crippen LogP contribution in [0.3, 0.4) is 0 Å². The Kier molecular flexibility index (Phi) is 4.90. The van der Waals surface area contributed by atoms with Crippen molar-refractivity contribution in [2.24, 2.45) is 7.05 Å². The second-order valence-corrected chi connectivity index (χ2v) is 6.23. The molecule has 0 aliphatic carbocycles. The van der Waals surface area contributed by atoms with Crippen LogP contribution in [0, 0.1) is 6.92 Å². The maximum Gasteiger partial charge on any atom is 0.234 e. The van der Waals surface area contributed by atoms with E-state index in [-0.39, 0.29) is 11.7 Å². The fraction of sp³-hybridized carbons (Fsp3) is 0.176. The summed E-state index contributed by atoms with van der Waals surface area (Å²) in [4.78, 5) is 16.4. The fourth-order valence-electron chi connectivity index (χ4n) is 2.21. The molecule has 0 aliphatic rings. The Morgan fingerprint density at radius 3 is 2.83 bits per heavy atom. The number of carbonyl (C=O) groups is 1. The number of aromatic nitrogens is 4. The molecule has 0 fully saturated rings. The molecule has 0 radical (unpaired) electrons. The number of amides is 1. The van der Waals surface area contributed by atoms with Crippen LogP contribution in [0.25, 0.3) is 11.5 Å². The highest BCUT2D eigenvalue weighted by molar-refractivity contribution is 7.99. The standard InChI is InChI=1S/C17H17N5OS/c1-12-6-5-7-13(10-12)19-15(23)11-24-17-21-20-16(22(17)2)14-8-3-4-9-18-14/h3-10H,11H2,1-2H3,(H,19,23). The van der Waals surface area contributed by atoms with Crippen molar-refractivity contribution in [3.8, 4) is 11.5 Å². The van der Waals surface area contributed by atoms with E-state index in [2.05, 4.69) is 20.5 Å². The summed E-state index contributed by atoms with van der Waals surface area (Å²) in [5.41, 5.74) is 2.66. The molecule has 0 bridgehead atoms. The lowest BCUT2D eigenvalue weighted by Crippen LogP contribution is -2.14. The second kappa shape index (κ2) is 7.27. The van der Waals surface area contributed by atoms with Gasteiger partial charge in [0.05, 0.1) is 5.75 Å². The number of nitrogens with zero attached hydrogens (tertiary/aromatic N) is 4. The topological polar surface area (TPSA) is 72.7 Å². The number of aryl methyl sites for hydroxylation is 1. The molecule has 0 atom stereocenters. The molecule has 2 heterocycles. The lowest BCUT2D eigenvalue weighted by molar-refractivity contribution is -0.113. The SMILES string of the molecule is Cc1cccc(NC(=O)CSc2nnc(-c3ccccn3)n2C)c1. The molecule has 3 rings (SSSR count). The van der Waals surface area contributed by atoms with E-state index in [0.717, 1.165) is 16.9 Å². The zero-order chi connectivity index (χ0) is 16.9. The Morgan fingerprint density at radius 1 is 1.21 bits per heavy atom. The van der Waals surface area contributed by atoms with Crippen molar-refractivity contribution in [2.45, 2.75) is 12.1 Å². The molecule has 0 spiro atoms. The summed E-state index contributed by atoms with van der Waals surface area (Å²) in [6, 6.07) is 13.3. The van der Waals surface area contributed by atoms with Gasteiger partial charge in [0.2, 0.25) is 5.91 Å². The van der Waals surface area contributed by atoms with Crippen LogP contribution >= 0.6 is 11.8 Å². The van der Waals surface area contributed by atoms with E-state index < -0.39 is 0 Å². The van der Waals surface area contributed by atoms with Crippen LogP contribution in [0.4, 0.5) is 5.69 Å². The smallest absolute Gasteiger partial charge is 0.234 e. The zero-order valence-corrected chi connectivity index (χ0v) is 14.2. The number of rotatable bonds is 5. The highest BCUT2D eigenvalue weighted by Gasteiger charge is 2.13. The van der Waals surface area contributed by atoms with Crippen molar-refractivity contribution in [3.05, 3.63) is 54.2 Å². The molecule has 1 aromatic carbocycles. The third kappa shape index (κ3) is 3.80. The first kappa shape index (κ1) is 16.2. The van der Waals surface area contributed by atoms with Crippen molar-refractivity contribution in [1.29, 1.82) is 0 Å². The molecule has 7 heteroatoms. The molecular weight excluding hydrogens is 322 g/mol. The van der Waals surface area contributed by atoms with Gasteiger partial charge in [-0.05, 0) is 36.8 Å². The third-order valence-electron chi connectivity index (χ3n) is 3.36. The minimum Gasteiger partial charge on any atom is -0.325 e. The van der Waals surface area contributed by atoms with Crippen LogP contribution < -0.4 is 5.32 Å². The van der Waals surface area contributed by atoms with E-state index >= 15 is 0 Å². The van der Waals surface area contributed by atoms with Gasteiger partial charge < -0.3 is 9.88 Å². The number of carbonyl (C=O) groups excluding carboxylic acids is 1. The van der Waals surface area contributed by atoms with Crippen LogP contribution in [0.2, 0.25) is 0 Å². The van der Waals surface area contributed by atoms with Gasteiger partial charge in [0.25, 0.3) is 0 Å². The first-order valence-corrected chi connectivity index (χ1v) is 8.42. The maximum absolute atomic E-state index is 12.1. The van der Waals surface area contributed by atoms with Gasteiger partial charge in [0.1, 0.15) is 5.69 Å². The van der Waals surface area contributed by atoms with Gasteiger partial charge in [-0.3, -0.25) is 9.78 Å². The molecule has 1 amide bonds.